The Kier molecular flexibility index (Phi) is 3.17. The summed E-state index contributed by atoms with van der Waals surface area (Å²) in [6.45, 7) is 1.98. The first kappa shape index (κ1) is 9.31. The fourth-order valence-corrected chi connectivity index (χ4v) is 2.54. The summed E-state index contributed by atoms with van der Waals surface area (Å²) in [5, 5.41) is -0.121. The monoisotopic (exact) mass is 285 g/mol. The fraction of sp³-hybridized carbons (Fsp3) is 0.667. The van der Waals surface area contributed by atoms with Gasteiger partial charge in [0.25, 0.3) is 5.91 Å². The van der Waals surface area contributed by atoms with Gasteiger partial charge < -0.3 is 0 Å². The van der Waals surface area contributed by atoms with Crippen molar-refractivity contribution in [1.29, 1.82) is 0 Å². The Morgan fingerprint density at radius 1 is 1.73 bits per heavy atom. The third kappa shape index (κ3) is 1.87. The van der Waals surface area contributed by atoms with Gasteiger partial charge in [0.1, 0.15) is 0 Å². The molecule has 11 heavy (non-hydrogen) atoms. The van der Waals surface area contributed by atoms with Gasteiger partial charge in [-0.2, -0.15) is 0 Å². The van der Waals surface area contributed by atoms with Gasteiger partial charge in [-0.3, -0.25) is 9.59 Å². The lowest BCUT2D eigenvalue weighted by atomic mass is 10.4. The molecule has 62 valence electrons. The van der Waals surface area contributed by atoms with E-state index in [1.54, 1.807) is 22.9 Å². The number of hydrogen-bond donors (Lipinski definition) is 0. The van der Waals surface area contributed by atoms with Crippen LogP contribution in [0.2, 0.25) is 0 Å². The molecular formula is C6H8INO2S. The standard InChI is InChI=1S/C6H8INO2S/c1-2-11-4-3-5(9)8(7)6(4)10/h4H,2-3H2,1H3. The first-order valence-corrected chi connectivity index (χ1v) is 5.32. The summed E-state index contributed by atoms with van der Waals surface area (Å²) in [7, 11) is 0. The number of thioether (sulfide) groups is 1. The van der Waals surface area contributed by atoms with Crippen molar-refractivity contribution < 1.29 is 9.59 Å². The molecule has 1 aliphatic heterocycles. The minimum Gasteiger partial charge on any atom is -0.274 e. The first-order chi connectivity index (χ1) is 5.16. The van der Waals surface area contributed by atoms with Crippen molar-refractivity contribution in [3.8, 4) is 0 Å². The zero-order valence-electron chi connectivity index (χ0n) is 6.04. The smallest absolute Gasteiger partial charge is 0.251 e. The van der Waals surface area contributed by atoms with E-state index in [9.17, 15) is 9.59 Å². The second kappa shape index (κ2) is 3.75. The van der Waals surface area contributed by atoms with E-state index in [4.69, 9.17) is 0 Å². The molecule has 1 fully saturated rings. The molecule has 0 aromatic rings. The summed E-state index contributed by atoms with van der Waals surface area (Å²) in [6, 6.07) is 0. The molecule has 0 aliphatic carbocycles. The molecule has 0 N–H and O–H groups in total. The van der Waals surface area contributed by atoms with Crippen LogP contribution in [-0.4, -0.2) is 25.9 Å². The summed E-state index contributed by atoms with van der Waals surface area (Å²) in [5.74, 6) is 0.762. The lowest BCUT2D eigenvalue weighted by Crippen LogP contribution is -2.20. The van der Waals surface area contributed by atoms with Crippen molar-refractivity contribution in [2.75, 3.05) is 5.75 Å². The molecular weight excluding hydrogens is 277 g/mol. The quantitative estimate of drug-likeness (QED) is 0.435. The summed E-state index contributed by atoms with van der Waals surface area (Å²) < 4.78 is 1.19. The van der Waals surface area contributed by atoms with Crippen LogP contribution >= 0.6 is 34.6 Å². The van der Waals surface area contributed by atoms with Crippen LogP contribution in [0.4, 0.5) is 0 Å². The molecule has 0 aromatic carbocycles. The van der Waals surface area contributed by atoms with Gasteiger partial charge in [-0.05, 0) is 5.75 Å². The maximum absolute atomic E-state index is 11.2. The molecule has 1 aliphatic rings. The van der Waals surface area contributed by atoms with Crippen molar-refractivity contribution in [3.05, 3.63) is 0 Å². The van der Waals surface area contributed by atoms with E-state index in [-0.39, 0.29) is 17.1 Å². The van der Waals surface area contributed by atoms with Gasteiger partial charge >= 0.3 is 0 Å². The van der Waals surface area contributed by atoms with Crippen LogP contribution in [0.1, 0.15) is 13.3 Å². The molecule has 0 saturated carbocycles. The first-order valence-electron chi connectivity index (χ1n) is 3.31. The minimum atomic E-state index is -0.121. The Morgan fingerprint density at radius 3 is 2.73 bits per heavy atom. The highest BCUT2D eigenvalue weighted by molar-refractivity contribution is 14.1. The Bertz CT molecular complexity index is 197. The van der Waals surface area contributed by atoms with Crippen LogP contribution in [0.5, 0.6) is 0 Å². The highest BCUT2D eigenvalue weighted by Gasteiger charge is 2.37. The largest absolute Gasteiger partial charge is 0.274 e. The lowest BCUT2D eigenvalue weighted by Gasteiger charge is -2.03. The maximum Gasteiger partial charge on any atom is 0.251 e. The molecule has 1 atom stereocenters. The van der Waals surface area contributed by atoms with Gasteiger partial charge in [-0.1, -0.05) is 6.92 Å². The van der Waals surface area contributed by atoms with Crippen LogP contribution in [0.25, 0.3) is 0 Å². The molecule has 1 heterocycles. The Morgan fingerprint density at radius 2 is 2.36 bits per heavy atom. The number of nitrogens with zero attached hydrogens (tertiary/aromatic N) is 1. The van der Waals surface area contributed by atoms with Gasteiger partial charge in [-0.15, -0.1) is 11.8 Å². The summed E-state index contributed by atoms with van der Waals surface area (Å²) in [4.78, 5) is 22.1. The maximum atomic E-state index is 11.2. The zero-order chi connectivity index (χ0) is 8.43. The van der Waals surface area contributed by atoms with Crippen LogP contribution in [-0.2, 0) is 9.59 Å². The van der Waals surface area contributed by atoms with Crippen molar-refractivity contribution in [3.63, 3.8) is 0 Å². The highest BCUT2D eigenvalue weighted by atomic mass is 127. The van der Waals surface area contributed by atoms with E-state index in [0.29, 0.717) is 6.42 Å². The number of imide groups is 1. The van der Waals surface area contributed by atoms with Gasteiger partial charge in [0.05, 0.1) is 28.1 Å². The number of rotatable bonds is 2. The topological polar surface area (TPSA) is 37.4 Å². The predicted octanol–water partition coefficient (Wildman–Crippen LogP) is 1.22. The molecule has 0 bridgehead atoms. The normalized spacial score (nSPS) is 24.9. The van der Waals surface area contributed by atoms with E-state index in [2.05, 4.69) is 0 Å². The predicted molar refractivity (Wildman–Crippen MR) is 52.4 cm³/mol. The van der Waals surface area contributed by atoms with Crippen LogP contribution in [0, 0.1) is 0 Å². The average Bonchev–Trinajstić information content (AvgIpc) is 2.19. The van der Waals surface area contributed by atoms with Crippen molar-refractivity contribution in [2.45, 2.75) is 18.6 Å². The van der Waals surface area contributed by atoms with Gasteiger partial charge in [0.15, 0.2) is 0 Å². The van der Waals surface area contributed by atoms with E-state index in [1.807, 2.05) is 6.92 Å². The number of halogens is 1. The number of carbonyl (C=O) groups is 2. The number of amides is 2. The summed E-state index contributed by atoms with van der Waals surface area (Å²) in [5.41, 5.74) is 0. The third-order valence-corrected chi connectivity index (χ3v) is 3.53. The zero-order valence-corrected chi connectivity index (χ0v) is 9.02. The molecule has 0 spiro atoms. The minimum absolute atomic E-state index is 0.0533. The SMILES string of the molecule is CCSC1CC(=O)N(I)C1=O. The average molecular weight is 285 g/mol. The summed E-state index contributed by atoms with van der Waals surface area (Å²) in [6.07, 6.45) is 0.375. The van der Waals surface area contributed by atoms with E-state index < -0.39 is 0 Å². The molecule has 1 saturated heterocycles. The Balaban J connectivity index is 2.60. The number of hydrogen-bond acceptors (Lipinski definition) is 3. The lowest BCUT2D eigenvalue weighted by molar-refractivity contribution is -0.130. The molecule has 1 rings (SSSR count). The highest BCUT2D eigenvalue weighted by Crippen LogP contribution is 2.26. The van der Waals surface area contributed by atoms with Gasteiger partial charge in [0, 0.05) is 6.42 Å². The number of carbonyl (C=O) groups excluding carboxylic acids is 2. The molecule has 5 heteroatoms. The van der Waals surface area contributed by atoms with E-state index in [0.717, 1.165) is 5.75 Å². The molecule has 3 nitrogen and oxygen atoms in total. The fourth-order valence-electron chi connectivity index (χ4n) is 0.907. The van der Waals surface area contributed by atoms with Crippen LogP contribution < -0.4 is 0 Å². The van der Waals surface area contributed by atoms with Crippen LogP contribution in [0.3, 0.4) is 0 Å². The Hall–Kier alpha value is 0.220. The van der Waals surface area contributed by atoms with Crippen LogP contribution in [0.15, 0.2) is 0 Å². The molecule has 0 aromatic heterocycles. The van der Waals surface area contributed by atoms with E-state index in [1.165, 1.54) is 14.9 Å². The second-order valence-electron chi connectivity index (χ2n) is 2.16. The third-order valence-electron chi connectivity index (χ3n) is 1.42. The van der Waals surface area contributed by atoms with Crippen molar-refractivity contribution in [1.82, 2.24) is 3.11 Å². The molecule has 0 radical (unpaired) electrons. The van der Waals surface area contributed by atoms with E-state index >= 15 is 0 Å². The van der Waals surface area contributed by atoms with Crippen molar-refractivity contribution >= 4 is 46.4 Å². The molecule has 1 unspecified atom stereocenters. The molecule has 2 amide bonds. The Labute approximate surface area is 83.4 Å². The van der Waals surface area contributed by atoms with Gasteiger partial charge in [0.2, 0.25) is 5.91 Å². The van der Waals surface area contributed by atoms with Gasteiger partial charge in [-0.25, -0.2) is 3.11 Å². The second-order valence-corrected chi connectivity index (χ2v) is 4.61. The van der Waals surface area contributed by atoms with Crippen molar-refractivity contribution in [2.24, 2.45) is 0 Å². The summed E-state index contributed by atoms with van der Waals surface area (Å²) >= 11 is 3.30.